The quantitative estimate of drug-likeness (QED) is 0.254. The first-order chi connectivity index (χ1) is 8.60. The number of carbonyl (C=O) groups excluding carboxylic acids is 1. The number of para-hydroxylation sites is 1. The van der Waals surface area contributed by atoms with Crippen molar-refractivity contribution in [2.45, 2.75) is 19.3 Å². The lowest BCUT2D eigenvalue weighted by Crippen LogP contribution is -2.51. The Morgan fingerprint density at radius 1 is 1.44 bits per heavy atom. The molecule has 0 saturated heterocycles. The lowest BCUT2D eigenvalue weighted by Gasteiger charge is -2.38. The highest BCUT2D eigenvalue weighted by Gasteiger charge is 2.48. The molecule has 1 aromatic rings. The average molecular weight is 359 g/mol. The van der Waals surface area contributed by atoms with E-state index in [-0.39, 0.29) is 11.7 Å². The second-order valence-corrected chi connectivity index (χ2v) is 5.52. The van der Waals surface area contributed by atoms with E-state index in [9.17, 15) is 4.79 Å². The van der Waals surface area contributed by atoms with Crippen molar-refractivity contribution in [3.63, 3.8) is 0 Å². The van der Waals surface area contributed by atoms with E-state index in [2.05, 4.69) is 33.1 Å². The number of hydrogen-bond donors (Lipinski definition) is 3. The van der Waals surface area contributed by atoms with Gasteiger partial charge in [-0.05, 0) is 47.6 Å². The minimum Gasteiger partial charge on any atom is -0.409 e. The van der Waals surface area contributed by atoms with E-state index in [0.717, 1.165) is 15.7 Å². The van der Waals surface area contributed by atoms with Crippen LogP contribution in [-0.2, 0) is 4.79 Å². The van der Waals surface area contributed by atoms with Gasteiger partial charge in [-0.2, -0.15) is 0 Å². The molecule has 1 saturated carbocycles. The monoisotopic (exact) mass is 359 g/mol. The molecule has 1 aliphatic carbocycles. The van der Waals surface area contributed by atoms with Gasteiger partial charge in [0.05, 0.1) is 5.69 Å². The van der Waals surface area contributed by atoms with Gasteiger partial charge in [-0.25, -0.2) is 0 Å². The van der Waals surface area contributed by atoms with Crippen LogP contribution < -0.4 is 11.1 Å². The molecule has 0 unspecified atom stereocenters. The van der Waals surface area contributed by atoms with Crippen molar-refractivity contribution in [1.29, 1.82) is 0 Å². The molecular weight excluding hydrogens is 345 g/mol. The van der Waals surface area contributed by atoms with Crippen LogP contribution in [-0.4, -0.2) is 17.0 Å². The van der Waals surface area contributed by atoms with Crippen molar-refractivity contribution in [2.24, 2.45) is 16.3 Å². The highest BCUT2D eigenvalue weighted by atomic mass is 127. The zero-order valence-electron chi connectivity index (χ0n) is 9.69. The van der Waals surface area contributed by atoms with Gasteiger partial charge in [0.2, 0.25) is 5.91 Å². The fourth-order valence-corrected chi connectivity index (χ4v) is 2.55. The number of benzene rings is 1. The maximum atomic E-state index is 12.3. The summed E-state index contributed by atoms with van der Waals surface area (Å²) >= 11 is 2.15. The molecule has 18 heavy (non-hydrogen) atoms. The highest BCUT2D eigenvalue weighted by Crippen LogP contribution is 2.42. The van der Waals surface area contributed by atoms with Gasteiger partial charge in [-0.3, -0.25) is 4.79 Å². The lowest BCUT2D eigenvalue weighted by molar-refractivity contribution is -0.125. The molecule has 1 aromatic carbocycles. The van der Waals surface area contributed by atoms with Crippen LogP contribution in [0.25, 0.3) is 0 Å². The van der Waals surface area contributed by atoms with Crippen LogP contribution in [0, 0.1) is 8.99 Å². The highest BCUT2D eigenvalue weighted by molar-refractivity contribution is 14.1. The van der Waals surface area contributed by atoms with Gasteiger partial charge in [-0.1, -0.05) is 23.7 Å². The van der Waals surface area contributed by atoms with Crippen LogP contribution in [0.1, 0.15) is 19.3 Å². The number of carbonyl (C=O) groups is 1. The lowest BCUT2D eigenvalue weighted by atomic mass is 9.67. The van der Waals surface area contributed by atoms with E-state index >= 15 is 0 Å². The van der Waals surface area contributed by atoms with E-state index in [1.807, 2.05) is 24.3 Å². The van der Waals surface area contributed by atoms with Crippen molar-refractivity contribution < 1.29 is 10.0 Å². The maximum absolute atomic E-state index is 12.3. The second kappa shape index (κ2) is 5.13. The van der Waals surface area contributed by atoms with Crippen molar-refractivity contribution in [2.75, 3.05) is 5.32 Å². The second-order valence-electron chi connectivity index (χ2n) is 4.35. The standard InChI is InChI=1S/C12H14IN3O2/c13-8-4-1-2-5-9(8)15-11(17)12(6-3-7-12)10(14)16-18/h1-2,4-5,18H,3,6-7H2,(H2,14,16)(H,15,17). The molecule has 0 radical (unpaired) electrons. The molecule has 0 bridgehead atoms. The topological polar surface area (TPSA) is 87.7 Å². The van der Waals surface area contributed by atoms with E-state index in [1.165, 1.54) is 0 Å². The molecule has 4 N–H and O–H groups in total. The van der Waals surface area contributed by atoms with Gasteiger partial charge in [0.25, 0.3) is 0 Å². The molecule has 5 nitrogen and oxygen atoms in total. The largest absolute Gasteiger partial charge is 0.409 e. The number of anilines is 1. The Hall–Kier alpha value is -1.31. The van der Waals surface area contributed by atoms with Gasteiger partial charge in [-0.15, -0.1) is 0 Å². The van der Waals surface area contributed by atoms with Crippen molar-refractivity contribution >= 4 is 40.0 Å². The molecular formula is C12H14IN3O2. The van der Waals surface area contributed by atoms with Crippen LogP contribution in [0.15, 0.2) is 29.4 Å². The minimum absolute atomic E-state index is 0.00260. The molecule has 0 spiro atoms. The average Bonchev–Trinajstić information content (AvgIpc) is 2.30. The Kier molecular flexibility index (Phi) is 3.74. The number of nitrogens with zero attached hydrogens (tertiary/aromatic N) is 1. The van der Waals surface area contributed by atoms with E-state index in [1.54, 1.807) is 0 Å². The molecule has 6 heteroatoms. The molecule has 0 aliphatic heterocycles. The van der Waals surface area contributed by atoms with Gasteiger partial charge in [0.15, 0.2) is 5.84 Å². The van der Waals surface area contributed by atoms with E-state index < -0.39 is 5.41 Å². The Morgan fingerprint density at radius 3 is 2.61 bits per heavy atom. The van der Waals surface area contributed by atoms with Gasteiger partial charge < -0.3 is 16.3 Å². The minimum atomic E-state index is -0.840. The number of nitrogens with two attached hydrogens (primary N) is 1. The van der Waals surface area contributed by atoms with Crippen LogP contribution in [0.5, 0.6) is 0 Å². The van der Waals surface area contributed by atoms with Gasteiger partial charge in [0.1, 0.15) is 5.41 Å². The fraction of sp³-hybridized carbons (Fsp3) is 0.333. The molecule has 1 aliphatic rings. The van der Waals surface area contributed by atoms with E-state index in [0.29, 0.717) is 12.8 Å². The zero-order valence-corrected chi connectivity index (χ0v) is 11.8. The molecule has 0 heterocycles. The summed E-state index contributed by atoms with van der Waals surface area (Å²) in [5.41, 5.74) is 5.55. The Balaban J connectivity index is 2.20. The van der Waals surface area contributed by atoms with Crippen LogP contribution in [0.2, 0.25) is 0 Å². The number of hydrogen-bond acceptors (Lipinski definition) is 3. The summed E-state index contributed by atoms with van der Waals surface area (Å²) in [5, 5.41) is 14.6. The third-order valence-corrected chi connectivity index (χ3v) is 4.30. The van der Waals surface area contributed by atoms with Crippen LogP contribution >= 0.6 is 22.6 Å². The Labute approximate surface area is 119 Å². The molecule has 1 amide bonds. The number of oxime groups is 1. The first-order valence-corrected chi connectivity index (χ1v) is 6.72. The summed E-state index contributed by atoms with van der Waals surface area (Å²) in [7, 11) is 0. The molecule has 96 valence electrons. The predicted molar refractivity (Wildman–Crippen MR) is 77.5 cm³/mol. The molecule has 0 atom stereocenters. The van der Waals surface area contributed by atoms with Crippen molar-refractivity contribution in [3.8, 4) is 0 Å². The van der Waals surface area contributed by atoms with Gasteiger partial charge >= 0.3 is 0 Å². The summed E-state index contributed by atoms with van der Waals surface area (Å²) in [6.07, 6.45) is 2.16. The number of rotatable bonds is 3. The van der Waals surface area contributed by atoms with Crippen LogP contribution in [0.4, 0.5) is 5.69 Å². The van der Waals surface area contributed by atoms with Crippen molar-refractivity contribution in [1.82, 2.24) is 0 Å². The predicted octanol–water partition coefficient (Wildman–Crippen LogP) is 2.15. The first-order valence-electron chi connectivity index (χ1n) is 5.64. The van der Waals surface area contributed by atoms with Gasteiger partial charge in [0, 0.05) is 3.57 Å². The molecule has 1 fully saturated rings. The first kappa shape index (κ1) is 13.1. The Morgan fingerprint density at radius 2 is 2.11 bits per heavy atom. The number of amides is 1. The molecule has 0 aromatic heterocycles. The Bertz CT molecular complexity index is 498. The zero-order chi connectivity index (χ0) is 13.2. The van der Waals surface area contributed by atoms with Crippen LogP contribution in [0.3, 0.4) is 0 Å². The maximum Gasteiger partial charge on any atom is 0.238 e. The fourth-order valence-electron chi connectivity index (χ4n) is 2.03. The summed E-state index contributed by atoms with van der Waals surface area (Å²) in [6.45, 7) is 0. The van der Waals surface area contributed by atoms with E-state index in [4.69, 9.17) is 10.9 Å². The summed E-state index contributed by atoms with van der Waals surface area (Å²) in [6, 6.07) is 7.50. The number of halogens is 1. The number of amidine groups is 1. The summed E-state index contributed by atoms with van der Waals surface area (Å²) in [5.74, 6) is -0.203. The summed E-state index contributed by atoms with van der Waals surface area (Å²) in [4.78, 5) is 12.3. The summed E-state index contributed by atoms with van der Waals surface area (Å²) < 4.78 is 0.956. The SMILES string of the molecule is N/C(=N/O)C1(C(=O)Nc2ccccc2I)CCC1. The third kappa shape index (κ3) is 2.16. The smallest absolute Gasteiger partial charge is 0.238 e. The van der Waals surface area contributed by atoms with Crippen molar-refractivity contribution in [3.05, 3.63) is 27.8 Å². The molecule has 2 rings (SSSR count). The normalized spacial score (nSPS) is 17.9. The third-order valence-electron chi connectivity index (χ3n) is 3.36. The number of nitrogens with one attached hydrogen (secondary N) is 1.